The van der Waals surface area contributed by atoms with Crippen LogP contribution in [0.2, 0.25) is 0 Å². The first-order valence-electron chi connectivity index (χ1n) is 8.70. The summed E-state index contributed by atoms with van der Waals surface area (Å²) in [4.78, 5) is 30.1. The fourth-order valence-corrected chi connectivity index (χ4v) is 3.79. The van der Waals surface area contributed by atoms with E-state index in [1.54, 1.807) is 41.2 Å². The van der Waals surface area contributed by atoms with E-state index in [-0.39, 0.29) is 11.5 Å². The summed E-state index contributed by atoms with van der Waals surface area (Å²) in [7, 11) is 2.91. The van der Waals surface area contributed by atoms with Crippen molar-refractivity contribution in [2.75, 3.05) is 19.5 Å². The number of esters is 1. The van der Waals surface area contributed by atoms with Crippen LogP contribution in [0.4, 0.5) is 5.69 Å². The highest BCUT2D eigenvalue weighted by Gasteiger charge is 2.18. The molecule has 4 rings (SSSR count). The van der Waals surface area contributed by atoms with Crippen LogP contribution in [0.5, 0.6) is 5.75 Å². The number of amides is 1. The van der Waals surface area contributed by atoms with Gasteiger partial charge in [0, 0.05) is 17.1 Å². The summed E-state index contributed by atoms with van der Waals surface area (Å²) in [5, 5.41) is 4.52. The number of methoxy groups -OCH3 is 2. The highest BCUT2D eigenvalue weighted by molar-refractivity contribution is 7.15. The Bertz CT molecular complexity index is 1210. The van der Waals surface area contributed by atoms with Gasteiger partial charge in [-0.1, -0.05) is 24.3 Å². The zero-order chi connectivity index (χ0) is 20.4. The second-order valence-electron chi connectivity index (χ2n) is 6.12. The van der Waals surface area contributed by atoms with Gasteiger partial charge in [0.15, 0.2) is 4.96 Å². The number of nitrogens with one attached hydrogen (secondary N) is 1. The molecule has 8 heteroatoms. The van der Waals surface area contributed by atoms with Gasteiger partial charge in [-0.3, -0.25) is 9.20 Å². The molecule has 0 aliphatic rings. The van der Waals surface area contributed by atoms with E-state index < -0.39 is 5.97 Å². The summed E-state index contributed by atoms with van der Waals surface area (Å²) in [6, 6.07) is 14.3. The highest BCUT2D eigenvalue weighted by Crippen LogP contribution is 2.27. The lowest BCUT2D eigenvalue weighted by Crippen LogP contribution is -2.16. The van der Waals surface area contributed by atoms with Crippen LogP contribution in [-0.4, -0.2) is 35.5 Å². The summed E-state index contributed by atoms with van der Waals surface area (Å²) in [5.74, 6) is -0.127. The molecule has 0 saturated carbocycles. The quantitative estimate of drug-likeness (QED) is 0.504. The minimum absolute atomic E-state index is 0.289. The summed E-state index contributed by atoms with van der Waals surface area (Å²) < 4.78 is 11.8. The van der Waals surface area contributed by atoms with Crippen molar-refractivity contribution in [2.24, 2.45) is 0 Å². The molecule has 0 bridgehead atoms. The predicted molar refractivity (Wildman–Crippen MR) is 111 cm³/mol. The zero-order valence-corrected chi connectivity index (χ0v) is 16.5. The van der Waals surface area contributed by atoms with Crippen LogP contribution in [0.1, 0.15) is 20.8 Å². The van der Waals surface area contributed by atoms with E-state index in [1.807, 2.05) is 30.5 Å². The Morgan fingerprint density at radius 3 is 2.72 bits per heavy atom. The minimum Gasteiger partial charge on any atom is -0.497 e. The van der Waals surface area contributed by atoms with E-state index in [4.69, 9.17) is 9.47 Å². The lowest BCUT2D eigenvalue weighted by molar-refractivity contribution is 0.0602. The van der Waals surface area contributed by atoms with Crippen molar-refractivity contribution in [3.8, 4) is 17.0 Å². The van der Waals surface area contributed by atoms with Gasteiger partial charge in [-0.2, -0.15) is 0 Å². The molecule has 0 atom stereocenters. The maximum absolute atomic E-state index is 12.9. The lowest BCUT2D eigenvalue weighted by atomic mass is 10.1. The Balaban J connectivity index is 1.66. The molecule has 0 fully saturated rings. The Hall–Kier alpha value is -3.65. The third-order valence-corrected chi connectivity index (χ3v) is 5.23. The number of carbonyl (C=O) groups is 2. The monoisotopic (exact) mass is 407 g/mol. The highest BCUT2D eigenvalue weighted by atomic mass is 32.1. The number of aromatic nitrogens is 2. The zero-order valence-electron chi connectivity index (χ0n) is 15.7. The number of anilines is 1. The van der Waals surface area contributed by atoms with Crippen LogP contribution in [0.3, 0.4) is 0 Å². The molecule has 0 unspecified atom stereocenters. The second kappa shape index (κ2) is 7.76. The molecule has 2 aromatic heterocycles. The van der Waals surface area contributed by atoms with Gasteiger partial charge >= 0.3 is 5.97 Å². The predicted octanol–water partition coefficient (Wildman–Crippen LogP) is 4.11. The molecule has 0 radical (unpaired) electrons. The Kier molecular flexibility index (Phi) is 5.01. The van der Waals surface area contributed by atoms with Crippen LogP contribution in [0, 0.1) is 0 Å². The van der Waals surface area contributed by atoms with Gasteiger partial charge in [-0.25, -0.2) is 9.78 Å². The van der Waals surface area contributed by atoms with Crippen molar-refractivity contribution in [3.63, 3.8) is 0 Å². The van der Waals surface area contributed by atoms with Crippen molar-refractivity contribution in [1.29, 1.82) is 0 Å². The van der Waals surface area contributed by atoms with Gasteiger partial charge in [0.25, 0.3) is 5.91 Å². The standard InChI is InChI=1S/C21H17N3O4S/c1-27-14-7-5-6-13(10-14)17-11-24-18(12-29-21(24)23-17)19(25)22-16-9-4-3-8-15(16)20(26)28-2/h3-12H,1-2H3,(H,22,25). The van der Waals surface area contributed by atoms with Crippen molar-refractivity contribution < 1.29 is 19.1 Å². The molecular formula is C21H17N3O4S. The molecule has 1 N–H and O–H groups in total. The first-order valence-corrected chi connectivity index (χ1v) is 9.58. The summed E-state index contributed by atoms with van der Waals surface area (Å²) >= 11 is 1.36. The van der Waals surface area contributed by atoms with Crippen LogP contribution in [0.25, 0.3) is 16.2 Å². The Labute approximate surface area is 170 Å². The van der Waals surface area contributed by atoms with E-state index in [9.17, 15) is 9.59 Å². The third kappa shape index (κ3) is 3.57. The molecule has 2 aromatic carbocycles. The van der Waals surface area contributed by atoms with Crippen molar-refractivity contribution in [3.05, 3.63) is 71.4 Å². The SMILES string of the molecule is COC(=O)c1ccccc1NC(=O)c1csc2nc(-c3cccc(OC)c3)cn12. The molecule has 0 spiro atoms. The van der Waals surface area contributed by atoms with E-state index in [0.717, 1.165) is 17.0 Å². The molecule has 4 aromatic rings. The number of benzene rings is 2. The molecule has 7 nitrogen and oxygen atoms in total. The fraction of sp³-hybridized carbons (Fsp3) is 0.0952. The topological polar surface area (TPSA) is 81.9 Å². The largest absolute Gasteiger partial charge is 0.497 e. The number of hydrogen-bond donors (Lipinski definition) is 1. The van der Waals surface area contributed by atoms with Crippen LogP contribution >= 0.6 is 11.3 Å². The van der Waals surface area contributed by atoms with Crippen LogP contribution in [-0.2, 0) is 4.74 Å². The number of fused-ring (bicyclic) bond motifs is 1. The van der Waals surface area contributed by atoms with Crippen molar-refractivity contribution in [1.82, 2.24) is 9.38 Å². The second-order valence-corrected chi connectivity index (χ2v) is 6.96. The van der Waals surface area contributed by atoms with Gasteiger partial charge in [-0.05, 0) is 24.3 Å². The Morgan fingerprint density at radius 2 is 1.93 bits per heavy atom. The third-order valence-electron chi connectivity index (χ3n) is 4.39. The molecule has 29 heavy (non-hydrogen) atoms. The van der Waals surface area contributed by atoms with Gasteiger partial charge in [0.2, 0.25) is 0 Å². The van der Waals surface area contributed by atoms with Gasteiger partial charge in [0.1, 0.15) is 11.4 Å². The van der Waals surface area contributed by atoms with E-state index >= 15 is 0 Å². The lowest BCUT2D eigenvalue weighted by Gasteiger charge is -2.09. The van der Waals surface area contributed by atoms with Gasteiger partial charge < -0.3 is 14.8 Å². The summed E-state index contributed by atoms with van der Waals surface area (Å²) in [6.45, 7) is 0. The van der Waals surface area contributed by atoms with Gasteiger partial charge in [0.05, 0.1) is 31.2 Å². The number of thiazole rings is 1. The molecule has 1 amide bonds. The van der Waals surface area contributed by atoms with Crippen LogP contribution < -0.4 is 10.1 Å². The maximum Gasteiger partial charge on any atom is 0.339 e. The minimum atomic E-state index is -0.515. The molecule has 0 aliphatic carbocycles. The first-order chi connectivity index (χ1) is 14.1. The number of ether oxygens (including phenoxy) is 2. The maximum atomic E-state index is 12.9. The molecular weight excluding hydrogens is 390 g/mol. The van der Waals surface area contributed by atoms with E-state index in [0.29, 0.717) is 16.3 Å². The van der Waals surface area contributed by atoms with Gasteiger partial charge in [-0.15, -0.1) is 11.3 Å². The molecule has 0 saturated heterocycles. The molecule has 0 aliphatic heterocycles. The number of imidazole rings is 1. The molecule has 2 heterocycles. The number of rotatable bonds is 5. The van der Waals surface area contributed by atoms with Crippen molar-refractivity contribution >= 4 is 33.9 Å². The van der Waals surface area contributed by atoms with Crippen LogP contribution in [0.15, 0.2) is 60.1 Å². The number of hydrogen-bond acceptors (Lipinski definition) is 6. The number of carbonyl (C=O) groups excluding carboxylic acids is 2. The smallest absolute Gasteiger partial charge is 0.339 e. The average molecular weight is 407 g/mol. The number of nitrogens with zero attached hydrogens (tertiary/aromatic N) is 2. The normalized spacial score (nSPS) is 10.7. The van der Waals surface area contributed by atoms with Crippen molar-refractivity contribution in [2.45, 2.75) is 0 Å². The average Bonchev–Trinajstić information content (AvgIpc) is 3.34. The summed E-state index contributed by atoms with van der Waals surface area (Å²) in [5.41, 5.74) is 2.73. The number of para-hydroxylation sites is 1. The van der Waals surface area contributed by atoms with E-state index in [1.165, 1.54) is 18.4 Å². The molecule has 146 valence electrons. The fourth-order valence-electron chi connectivity index (χ4n) is 2.94. The summed E-state index contributed by atoms with van der Waals surface area (Å²) in [6.07, 6.45) is 1.81. The first kappa shape index (κ1) is 18.7. The Morgan fingerprint density at radius 1 is 1.10 bits per heavy atom. The van der Waals surface area contributed by atoms with E-state index in [2.05, 4.69) is 10.3 Å².